The molecule has 3 nitrogen and oxygen atoms in total. The minimum Gasteiger partial charge on any atom is -0.274 e. The van der Waals surface area contributed by atoms with Crippen molar-refractivity contribution in [3.05, 3.63) is 0 Å². The highest BCUT2D eigenvalue weighted by molar-refractivity contribution is 5.78. The van der Waals surface area contributed by atoms with Gasteiger partial charge in [-0.1, -0.05) is 46.0 Å². The van der Waals surface area contributed by atoms with E-state index < -0.39 is 0 Å². The molecule has 2 atom stereocenters. The fourth-order valence-corrected chi connectivity index (χ4v) is 4.75. The van der Waals surface area contributed by atoms with Gasteiger partial charge in [0.1, 0.15) is 18.6 Å². The zero-order valence-corrected chi connectivity index (χ0v) is 15.0. The summed E-state index contributed by atoms with van der Waals surface area (Å²) >= 11 is 0. The molecule has 3 heteroatoms. The second kappa shape index (κ2) is 7.23. The summed E-state index contributed by atoms with van der Waals surface area (Å²) in [6.07, 6.45) is 11.6. The van der Waals surface area contributed by atoms with E-state index in [4.69, 9.17) is 0 Å². The average molecular weight is 307 g/mol. The Morgan fingerprint density at radius 2 is 2.00 bits per heavy atom. The predicted molar refractivity (Wildman–Crippen MR) is 93.4 cm³/mol. The zero-order chi connectivity index (χ0) is 15.5. The molecule has 22 heavy (non-hydrogen) atoms. The van der Waals surface area contributed by atoms with E-state index in [2.05, 4.69) is 35.6 Å². The van der Waals surface area contributed by atoms with Crippen LogP contribution in [0.1, 0.15) is 72.1 Å². The van der Waals surface area contributed by atoms with Gasteiger partial charge in [-0.15, -0.1) is 0 Å². The lowest BCUT2D eigenvalue weighted by Crippen LogP contribution is -2.34. The average Bonchev–Trinajstić information content (AvgIpc) is 3.01. The van der Waals surface area contributed by atoms with Gasteiger partial charge in [-0.05, 0) is 38.0 Å². The maximum Gasteiger partial charge on any atom is 0.349 e. The standard InChI is InChI=1S/C19H35N3/c1-15(2)12-18-14-22-16(3)13-20-19(22)21(18)11-7-10-17-8-5-4-6-9-17/h15-18H,4-14H2,1-3H3/p+1. The van der Waals surface area contributed by atoms with E-state index in [-0.39, 0.29) is 0 Å². The molecule has 0 aromatic carbocycles. The summed E-state index contributed by atoms with van der Waals surface area (Å²) in [5.74, 6) is 3.26. The molecule has 0 aromatic heterocycles. The van der Waals surface area contributed by atoms with Gasteiger partial charge in [0.2, 0.25) is 0 Å². The van der Waals surface area contributed by atoms with E-state index >= 15 is 0 Å². The van der Waals surface area contributed by atoms with Crippen LogP contribution in [0.3, 0.4) is 0 Å². The fraction of sp³-hybridized carbons (Fsp3) is 0.947. The Hall–Kier alpha value is -0.730. The van der Waals surface area contributed by atoms with Crippen LogP contribution in [0.2, 0.25) is 0 Å². The maximum atomic E-state index is 3.68. The van der Waals surface area contributed by atoms with Crippen molar-refractivity contribution in [3.8, 4) is 0 Å². The molecule has 1 saturated carbocycles. The third-order valence-electron chi connectivity index (χ3n) is 5.96. The van der Waals surface area contributed by atoms with Crippen molar-refractivity contribution in [3.63, 3.8) is 0 Å². The summed E-state index contributed by atoms with van der Waals surface area (Å²) in [5.41, 5.74) is 0. The molecule has 1 N–H and O–H groups in total. The van der Waals surface area contributed by atoms with Gasteiger partial charge in [0.05, 0.1) is 13.1 Å². The molecule has 2 heterocycles. The van der Waals surface area contributed by atoms with Gasteiger partial charge in [-0.3, -0.25) is 14.8 Å². The molecule has 126 valence electrons. The van der Waals surface area contributed by atoms with Crippen LogP contribution in [0, 0.1) is 11.8 Å². The van der Waals surface area contributed by atoms with Crippen molar-refractivity contribution in [1.82, 2.24) is 10.2 Å². The number of nitrogens with one attached hydrogen (secondary N) is 1. The number of rotatable bonds is 6. The third kappa shape index (κ3) is 3.60. The summed E-state index contributed by atoms with van der Waals surface area (Å²) in [6.45, 7) is 10.7. The lowest BCUT2D eigenvalue weighted by atomic mass is 9.86. The van der Waals surface area contributed by atoms with Crippen LogP contribution in [-0.2, 0) is 0 Å². The van der Waals surface area contributed by atoms with E-state index in [9.17, 15) is 0 Å². The van der Waals surface area contributed by atoms with Crippen LogP contribution in [0.4, 0.5) is 0 Å². The van der Waals surface area contributed by atoms with Gasteiger partial charge < -0.3 is 0 Å². The Kier molecular flexibility index (Phi) is 5.30. The van der Waals surface area contributed by atoms with Crippen LogP contribution < -0.4 is 5.32 Å². The molecule has 3 aliphatic rings. The van der Waals surface area contributed by atoms with E-state index in [0.717, 1.165) is 24.4 Å². The Labute approximate surface area is 137 Å². The number of nitrogens with zero attached hydrogens (tertiary/aromatic N) is 2. The Bertz CT molecular complexity index is 395. The highest BCUT2D eigenvalue weighted by Crippen LogP contribution is 2.28. The zero-order valence-electron chi connectivity index (χ0n) is 15.0. The fourth-order valence-electron chi connectivity index (χ4n) is 4.75. The molecular weight excluding hydrogens is 270 g/mol. The van der Waals surface area contributed by atoms with Crippen LogP contribution in [0.15, 0.2) is 0 Å². The molecular formula is C19H36N3+. The van der Waals surface area contributed by atoms with Crippen molar-refractivity contribution in [2.45, 2.75) is 84.2 Å². The van der Waals surface area contributed by atoms with Crippen LogP contribution in [0.5, 0.6) is 0 Å². The number of fused-ring (bicyclic) bond motifs is 1. The van der Waals surface area contributed by atoms with Gasteiger partial charge in [0.25, 0.3) is 0 Å². The number of hydrogen-bond donors (Lipinski definition) is 1. The monoisotopic (exact) mass is 306 g/mol. The van der Waals surface area contributed by atoms with Crippen molar-refractivity contribution in [1.29, 1.82) is 0 Å². The molecule has 0 radical (unpaired) electrons. The van der Waals surface area contributed by atoms with E-state index in [1.165, 1.54) is 70.4 Å². The molecule has 2 aliphatic heterocycles. The van der Waals surface area contributed by atoms with Crippen molar-refractivity contribution in [2.24, 2.45) is 11.8 Å². The Morgan fingerprint density at radius 1 is 1.23 bits per heavy atom. The molecule has 2 unspecified atom stereocenters. The molecule has 0 amide bonds. The SMILES string of the molecule is CC(C)CC1CN2C(=[N+]1CCCC1CCCCC1)NCC2C. The van der Waals surface area contributed by atoms with Crippen LogP contribution in [0.25, 0.3) is 0 Å². The first kappa shape index (κ1) is 16.1. The first-order chi connectivity index (χ1) is 10.6. The summed E-state index contributed by atoms with van der Waals surface area (Å²) in [5, 5.41) is 3.68. The van der Waals surface area contributed by atoms with Gasteiger partial charge >= 0.3 is 5.96 Å². The second-order valence-corrected chi connectivity index (χ2v) is 8.33. The first-order valence-electron chi connectivity index (χ1n) is 9.79. The number of hydrogen-bond acceptors (Lipinski definition) is 2. The lowest BCUT2D eigenvalue weighted by Gasteiger charge is -2.22. The smallest absolute Gasteiger partial charge is 0.274 e. The van der Waals surface area contributed by atoms with Crippen molar-refractivity contribution < 1.29 is 4.58 Å². The normalized spacial score (nSPS) is 29.4. The van der Waals surface area contributed by atoms with E-state index in [1.807, 2.05) is 0 Å². The Morgan fingerprint density at radius 3 is 2.73 bits per heavy atom. The summed E-state index contributed by atoms with van der Waals surface area (Å²) < 4.78 is 2.71. The van der Waals surface area contributed by atoms with Gasteiger partial charge in [-0.25, -0.2) is 0 Å². The lowest BCUT2D eigenvalue weighted by molar-refractivity contribution is -0.559. The molecule has 0 spiro atoms. The maximum absolute atomic E-state index is 3.68. The molecule has 3 rings (SSSR count). The minimum atomic E-state index is 0.674. The minimum absolute atomic E-state index is 0.674. The molecule has 2 fully saturated rings. The topological polar surface area (TPSA) is 18.3 Å². The van der Waals surface area contributed by atoms with Crippen molar-refractivity contribution in [2.75, 3.05) is 19.6 Å². The van der Waals surface area contributed by atoms with Crippen LogP contribution in [-0.4, -0.2) is 47.2 Å². The van der Waals surface area contributed by atoms with Crippen LogP contribution >= 0.6 is 0 Å². The highest BCUT2D eigenvalue weighted by atomic mass is 15.5. The molecule has 0 aromatic rings. The number of guanidine groups is 1. The summed E-state index contributed by atoms with van der Waals surface area (Å²) in [7, 11) is 0. The van der Waals surface area contributed by atoms with Crippen molar-refractivity contribution >= 4 is 5.96 Å². The third-order valence-corrected chi connectivity index (χ3v) is 5.96. The van der Waals surface area contributed by atoms with Gasteiger partial charge in [0, 0.05) is 0 Å². The first-order valence-corrected chi connectivity index (χ1v) is 9.79. The molecule has 1 saturated heterocycles. The second-order valence-electron chi connectivity index (χ2n) is 8.33. The van der Waals surface area contributed by atoms with Gasteiger partial charge in [0.15, 0.2) is 0 Å². The van der Waals surface area contributed by atoms with Gasteiger partial charge in [-0.2, -0.15) is 0 Å². The quantitative estimate of drug-likeness (QED) is 0.758. The molecule has 0 bridgehead atoms. The van der Waals surface area contributed by atoms with E-state index in [0.29, 0.717) is 6.04 Å². The molecule has 1 aliphatic carbocycles. The summed E-state index contributed by atoms with van der Waals surface area (Å²) in [4.78, 5) is 2.62. The Balaban J connectivity index is 1.57. The largest absolute Gasteiger partial charge is 0.349 e. The predicted octanol–water partition coefficient (Wildman–Crippen LogP) is 3.44. The highest BCUT2D eigenvalue weighted by Gasteiger charge is 2.44. The summed E-state index contributed by atoms with van der Waals surface area (Å²) in [6, 6.07) is 1.41. The van der Waals surface area contributed by atoms with E-state index in [1.54, 1.807) is 0 Å².